The van der Waals surface area contributed by atoms with Crippen LogP contribution in [0, 0.1) is 5.92 Å². The summed E-state index contributed by atoms with van der Waals surface area (Å²) in [6, 6.07) is 6.49. The van der Waals surface area contributed by atoms with Crippen LogP contribution in [0.4, 0.5) is 0 Å². The molecule has 162 valence electrons. The minimum Gasteiger partial charge on any atom is -0.494 e. The number of hydrogen-bond acceptors (Lipinski definition) is 6. The van der Waals surface area contributed by atoms with Crippen LogP contribution in [0.2, 0.25) is 0 Å². The Labute approximate surface area is 176 Å². The number of rotatable bonds is 11. The topological polar surface area (TPSA) is 106 Å². The fraction of sp³-hybridized carbons (Fsp3) is 0.545. The normalized spacial score (nSPS) is 14.4. The summed E-state index contributed by atoms with van der Waals surface area (Å²) in [5, 5.41) is 9.54. The number of carbonyl (C=O) groups is 2. The summed E-state index contributed by atoms with van der Waals surface area (Å²) >= 11 is 0. The van der Waals surface area contributed by atoms with Crippen LogP contribution in [0.5, 0.6) is 5.75 Å². The van der Waals surface area contributed by atoms with E-state index in [4.69, 9.17) is 9.26 Å². The number of hydrogen-bond donors (Lipinski definition) is 2. The van der Waals surface area contributed by atoms with Crippen molar-refractivity contribution < 1.29 is 18.8 Å². The number of amides is 2. The molecule has 0 bridgehead atoms. The summed E-state index contributed by atoms with van der Waals surface area (Å²) in [6.07, 6.45) is 4.21. The highest BCUT2D eigenvalue weighted by Crippen LogP contribution is 2.38. The predicted molar refractivity (Wildman–Crippen MR) is 111 cm³/mol. The van der Waals surface area contributed by atoms with Crippen LogP contribution < -0.4 is 15.4 Å². The van der Waals surface area contributed by atoms with Crippen LogP contribution in [0.15, 0.2) is 28.8 Å². The molecule has 2 N–H and O–H groups in total. The van der Waals surface area contributed by atoms with Gasteiger partial charge in [-0.1, -0.05) is 32.3 Å². The standard InChI is InChI=1S/C22H30N4O4/c1-4-5-12-29-17-10-8-16(9-11-17)21(28)23-13-18(27)24-19(14(2)3)22-25-20(26-30-22)15-6-7-15/h8-11,14-15,19H,4-7,12-13H2,1-3H3,(H,23,28)(H,24,27). The molecule has 1 aliphatic rings. The van der Waals surface area contributed by atoms with E-state index in [1.165, 1.54) is 0 Å². The molecule has 1 fully saturated rings. The van der Waals surface area contributed by atoms with Gasteiger partial charge in [-0.05, 0) is 49.4 Å². The fourth-order valence-corrected chi connectivity index (χ4v) is 2.92. The summed E-state index contributed by atoms with van der Waals surface area (Å²) in [7, 11) is 0. The van der Waals surface area contributed by atoms with Crippen molar-refractivity contribution in [3.05, 3.63) is 41.5 Å². The molecule has 8 heteroatoms. The highest BCUT2D eigenvalue weighted by molar-refractivity contribution is 5.96. The number of nitrogens with one attached hydrogen (secondary N) is 2. The molecule has 0 radical (unpaired) electrons. The smallest absolute Gasteiger partial charge is 0.251 e. The van der Waals surface area contributed by atoms with Gasteiger partial charge in [-0.25, -0.2) is 0 Å². The van der Waals surface area contributed by atoms with Gasteiger partial charge in [0.05, 0.1) is 13.2 Å². The SMILES string of the molecule is CCCCOc1ccc(C(=O)NCC(=O)NC(c2nc(C3CC3)no2)C(C)C)cc1. The molecule has 0 spiro atoms. The van der Waals surface area contributed by atoms with E-state index in [2.05, 4.69) is 27.7 Å². The number of unbranched alkanes of at least 4 members (excludes halogenated alkanes) is 1. The molecular formula is C22H30N4O4. The van der Waals surface area contributed by atoms with E-state index >= 15 is 0 Å². The number of nitrogens with zero attached hydrogens (tertiary/aromatic N) is 2. The van der Waals surface area contributed by atoms with Gasteiger partial charge < -0.3 is 19.9 Å². The molecule has 1 heterocycles. The Bertz CT molecular complexity index is 843. The van der Waals surface area contributed by atoms with Gasteiger partial charge in [0.2, 0.25) is 11.8 Å². The van der Waals surface area contributed by atoms with Crippen molar-refractivity contribution in [3.63, 3.8) is 0 Å². The predicted octanol–water partition coefficient (Wildman–Crippen LogP) is 3.37. The average Bonchev–Trinajstić information content (AvgIpc) is 3.48. The quantitative estimate of drug-likeness (QED) is 0.546. The second-order valence-electron chi connectivity index (χ2n) is 7.96. The van der Waals surface area contributed by atoms with Gasteiger partial charge in [0.15, 0.2) is 5.82 Å². The summed E-state index contributed by atoms with van der Waals surface area (Å²) < 4.78 is 10.9. The second-order valence-corrected chi connectivity index (χ2v) is 7.96. The first kappa shape index (κ1) is 21.8. The molecule has 1 atom stereocenters. The van der Waals surface area contributed by atoms with E-state index in [0.29, 0.717) is 29.8 Å². The van der Waals surface area contributed by atoms with Gasteiger partial charge in [0.1, 0.15) is 11.8 Å². The summed E-state index contributed by atoms with van der Waals surface area (Å²) in [5.41, 5.74) is 0.469. The Kier molecular flexibility index (Phi) is 7.43. The van der Waals surface area contributed by atoms with Crippen LogP contribution in [0.3, 0.4) is 0 Å². The van der Waals surface area contributed by atoms with Crippen LogP contribution in [-0.4, -0.2) is 35.1 Å². The summed E-state index contributed by atoms with van der Waals surface area (Å²) in [6.45, 7) is 6.55. The van der Waals surface area contributed by atoms with Gasteiger partial charge in [-0.2, -0.15) is 4.98 Å². The van der Waals surface area contributed by atoms with E-state index in [9.17, 15) is 9.59 Å². The van der Waals surface area contributed by atoms with Crippen molar-refractivity contribution in [3.8, 4) is 5.75 Å². The lowest BCUT2D eigenvalue weighted by Crippen LogP contribution is -2.40. The van der Waals surface area contributed by atoms with Gasteiger partial charge in [0, 0.05) is 11.5 Å². The number of aromatic nitrogens is 2. The van der Waals surface area contributed by atoms with Crippen LogP contribution in [0.25, 0.3) is 0 Å². The van der Waals surface area contributed by atoms with Crippen LogP contribution in [-0.2, 0) is 4.79 Å². The van der Waals surface area contributed by atoms with Gasteiger partial charge in [-0.15, -0.1) is 0 Å². The Morgan fingerprint density at radius 1 is 1.23 bits per heavy atom. The molecule has 1 aliphatic carbocycles. The molecule has 3 rings (SSSR count). The van der Waals surface area contributed by atoms with E-state index in [-0.39, 0.29) is 24.3 Å². The molecule has 2 aromatic rings. The maximum absolute atomic E-state index is 12.4. The lowest BCUT2D eigenvalue weighted by Gasteiger charge is -2.18. The van der Waals surface area contributed by atoms with Crippen LogP contribution in [0.1, 0.15) is 80.5 Å². The monoisotopic (exact) mass is 414 g/mol. The van der Waals surface area contributed by atoms with Crippen molar-refractivity contribution in [2.24, 2.45) is 5.92 Å². The average molecular weight is 415 g/mol. The van der Waals surface area contributed by atoms with Crippen LogP contribution >= 0.6 is 0 Å². The molecule has 2 amide bonds. The molecule has 0 saturated heterocycles. The minimum atomic E-state index is -0.394. The Morgan fingerprint density at radius 3 is 2.60 bits per heavy atom. The van der Waals surface area contributed by atoms with Gasteiger partial charge >= 0.3 is 0 Å². The van der Waals surface area contributed by atoms with E-state index in [1.54, 1.807) is 24.3 Å². The first-order valence-corrected chi connectivity index (χ1v) is 10.6. The second kappa shape index (κ2) is 10.2. The Balaban J connectivity index is 1.49. The Morgan fingerprint density at radius 2 is 1.97 bits per heavy atom. The van der Waals surface area contributed by atoms with E-state index in [1.807, 2.05) is 13.8 Å². The molecule has 1 aromatic heterocycles. The fourth-order valence-electron chi connectivity index (χ4n) is 2.92. The maximum Gasteiger partial charge on any atom is 0.251 e. The Hall–Kier alpha value is -2.90. The van der Waals surface area contributed by atoms with E-state index in [0.717, 1.165) is 31.4 Å². The van der Waals surface area contributed by atoms with Gasteiger partial charge in [0.25, 0.3) is 5.91 Å². The summed E-state index contributed by atoms with van der Waals surface area (Å²) in [5.74, 6) is 1.66. The van der Waals surface area contributed by atoms with Crippen molar-refractivity contribution >= 4 is 11.8 Å². The third-order valence-electron chi connectivity index (χ3n) is 4.94. The zero-order valence-electron chi connectivity index (χ0n) is 17.8. The zero-order valence-corrected chi connectivity index (χ0v) is 17.8. The highest BCUT2D eigenvalue weighted by atomic mass is 16.5. The molecular weight excluding hydrogens is 384 g/mol. The first-order chi connectivity index (χ1) is 14.5. The van der Waals surface area contributed by atoms with Crippen molar-refractivity contribution in [2.75, 3.05) is 13.2 Å². The van der Waals surface area contributed by atoms with Crippen molar-refractivity contribution in [2.45, 2.75) is 58.4 Å². The van der Waals surface area contributed by atoms with Gasteiger partial charge in [-0.3, -0.25) is 9.59 Å². The lowest BCUT2D eigenvalue weighted by molar-refractivity contribution is -0.121. The molecule has 1 saturated carbocycles. The third kappa shape index (κ3) is 6.05. The summed E-state index contributed by atoms with van der Waals surface area (Å²) in [4.78, 5) is 29.1. The number of ether oxygens (including phenoxy) is 1. The van der Waals surface area contributed by atoms with E-state index < -0.39 is 6.04 Å². The highest BCUT2D eigenvalue weighted by Gasteiger charge is 2.31. The molecule has 8 nitrogen and oxygen atoms in total. The molecule has 1 aromatic carbocycles. The first-order valence-electron chi connectivity index (χ1n) is 10.6. The number of carbonyl (C=O) groups excluding carboxylic acids is 2. The maximum atomic E-state index is 12.4. The van der Waals surface area contributed by atoms with Crippen molar-refractivity contribution in [1.29, 1.82) is 0 Å². The zero-order chi connectivity index (χ0) is 21.5. The molecule has 1 unspecified atom stereocenters. The largest absolute Gasteiger partial charge is 0.494 e. The van der Waals surface area contributed by atoms with Crippen molar-refractivity contribution in [1.82, 2.24) is 20.8 Å². The third-order valence-corrected chi connectivity index (χ3v) is 4.94. The molecule has 30 heavy (non-hydrogen) atoms. The minimum absolute atomic E-state index is 0.0670. The molecule has 0 aliphatic heterocycles. The number of benzene rings is 1. The lowest BCUT2D eigenvalue weighted by atomic mass is 10.0.